The predicted molar refractivity (Wildman–Crippen MR) is 63.9 cm³/mol. The molecule has 0 aliphatic carbocycles. The van der Waals surface area contributed by atoms with Crippen LogP contribution in [0.2, 0.25) is 0 Å². The van der Waals surface area contributed by atoms with Crippen LogP contribution in [0.5, 0.6) is 0 Å². The minimum absolute atomic E-state index is 0.238. The fraction of sp³-hybridized carbons (Fsp3) is 0.231. The highest BCUT2D eigenvalue weighted by atomic mass is 19.1. The van der Waals surface area contributed by atoms with Crippen molar-refractivity contribution >= 4 is 0 Å². The molecule has 0 fully saturated rings. The van der Waals surface area contributed by atoms with Crippen molar-refractivity contribution in [2.24, 2.45) is 5.73 Å². The number of nitrogens with two attached hydrogens (primary N) is 1. The van der Waals surface area contributed by atoms with Gasteiger partial charge in [0.2, 0.25) is 0 Å². The van der Waals surface area contributed by atoms with Crippen molar-refractivity contribution in [3.8, 4) is 0 Å². The van der Waals surface area contributed by atoms with Gasteiger partial charge in [-0.25, -0.2) is 14.4 Å². The molecule has 2 N–H and O–H groups in total. The van der Waals surface area contributed by atoms with E-state index in [0.717, 1.165) is 16.8 Å². The van der Waals surface area contributed by atoms with E-state index in [1.807, 2.05) is 13.0 Å². The zero-order chi connectivity index (χ0) is 12.3. The van der Waals surface area contributed by atoms with Crippen molar-refractivity contribution in [3.63, 3.8) is 0 Å². The van der Waals surface area contributed by atoms with E-state index in [1.165, 1.54) is 12.1 Å². The van der Waals surface area contributed by atoms with Gasteiger partial charge in [0.15, 0.2) is 0 Å². The maximum absolute atomic E-state index is 13.0. The smallest absolute Gasteiger partial charge is 0.132 e. The van der Waals surface area contributed by atoms with Crippen molar-refractivity contribution in [2.45, 2.75) is 19.9 Å². The van der Waals surface area contributed by atoms with Gasteiger partial charge in [0, 0.05) is 30.4 Å². The Kier molecular flexibility index (Phi) is 3.44. The summed E-state index contributed by atoms with van der Waals surface area (Å²) >= 11 is 0. The molecule has 2 rings (SSSR count). The molecule has 1 aromatic heterocycles. The molecule has 0 radical (unpaired) electrons. The second-order valence-corrected chi connectivity index (χ2v) is 3.91. The Hall–Kier alpha value is -1.81. The van der Waals surface area contributed by atoms with Gasteiger partial charge in [-0.1, -0.05) is 12.1 Å². The monoisotopic (exact) mass is 231 g/mol. The van der Waals surface area contributed by atoms with E-state index in [0.29, 0.717) is 18.8 Å². The number of benzene rings is 1. The van der Waals surface area contributed by atoms with Crippen molar-refractivity contribution < 1.29 is 4.39 Å². The third-order valence-corrected chi connectivity index (χ3v) is 2.60. The van der Waals surface area contributed by atoms with Crippen LogP contribution in [-0.4, -0.2) is 9.97 Å². The molecule has 0 saturated heterocycles. The molecule has 17 heavy (non-hydrogen) atoms. The number of halogens is 1. The average Bonchev–Trinajstić information content (AvgIpc) is 2.29. The van der Waals surface area contributed by atoms with E-state index in [9.17, 15) is 4.39 Å². The Labute approximate surface area is 99.5 Å². The Balaban J connectivity index is 2.22. The van der Waals surface area contributed by atoms with Crippen LogP contribution in [0.15, 0.2) is 30.5 Å². The van der Waals surface area contributed by atoms with Gasteiger partial charge in [0.05, 0.1) is 0 Å². The van der Waals surface area contributed by atoms with Crippen LogP contribution in [0.25, 0.3) is 0 Å². The largest absolute Gasteiger partial charge is 0.326 e. The SMILES string of the molecule is Cc1nc(Cc2cccc(F)c2)ncc1CN. The summed E-state index contributed by atoms with van der Waals surface area (Å²) in [7, 11) is 0. The molecular weight excluding hydrogens is 217 g/mol. The average molecular weight is 231 g/mol. The van der Waals surface area contributed by atoms with Crippen LogP contribution in [0.4, 0.5) is 4.39 Å². The number of rotatable bonds is 3. The normalized spacial score (nSPS) is 10.5. The molecule has 2 aromatic rings. The number of hydrogen-bond acceptors (Lipinski definition) is 3. The first-order valence-corrected chi connectivity index (χ1v) is 5.45. The summed E-state index contributed by atoms with van der Waals surface area (Å²) in [4.78, 5) is 8.58. The van der Waals surface area contributed by atoms with E-state index in [2.05, 4.69) is 9.97 Å². The molecule has 88 valence electrons. The number of aromatic nitrogens is 2. The van der Waals surface area contributed by atoms with Crippen LogP contribution < -0.4 is 5.73 Å². The maximum atomic E-state index is 13.0. The molecule has 3 nitrogen and oxygen atoms in total. The predicted octanol–water partition coefficient (Wildman–Crippen LogP) is 1.97. The van der Waals surface area contributed by atoms with Crippen LogP contribution in [0.1, 0.15) is 22.6 Å². The number of aryl methyl sites for hydroxylation is 1. The van der Waals surface area contributed by atoms with Gasteiger partial charge in [-0.3, -0.25) is 0 Å². The fourth-order valence-electron chi connectivity index (χ4n) is 1.66. The van der Waals surface area contributed by atoms with Crippen molar-refractivity contribution in [1.29, 1.82) is 0 Å². The van der Waals surface area contributed by atoms with Crippen molar-refractivity contribution in [1.82, 2.24) is 9.97 Å². The summed E-state index contributed by atoms with van der Waals surface area (Å²) in [5.74, 6) is 0.447. The van der Waals surface area contributed by atoms with Gasteiger partial charge in [-0.15, -0.1) is 0 Å². The summed E-state index contributed by atoms with van der Waals surface area (Å²) in [6, 6.07) is 6.47. The third kappa shape index (κ3) is 2.85. The first-order chi connectivity index (χ1) is 8.19. The van der Waals surface area contributed by atoms with Crippen molar-refractivity contribution in [2.75, 3.05) is 0 Å². The molecule has 0 aliphatic rings. The van der Waals surface area contributed by atoms with Gasteiger partial charge >= 0.3 is 0 Å². The molecule has 4 heteroatoms. The third-order valence-electron chi connectivity index (χ3n) is 2.60. The van der Waals surface area contributed by atoms with Crippen LogP contribution in [0, 0.1) is 12.7 Å². The van der Waals surface area contributed by atoms with E-state index in [1.54, 1.807) is 12.3 Å². The molecule has 0 unspecified atom stereocenters. The minimum atomic E-state index is -0.238. The molecule has 0 saturated carbocycles. The van der Waals surface area contributed by atoms with E-state index < -0.39 is 0 Å². The lowest BCUT2D eigenvalue weighted by molar-refractivity contribution is 0.625. The fourth-order valence-corrected chi connectivity index (χ4v) is 1.66. The van der Waals surface area contributed by atoms with Crippen LogP contribution >= 0.6 is 0 Å². The van der Waals surface area contributed by atoms with E-state index in [4.69, 9.17) is 5.73 Å². The maximum Gasteiger partial charge on any atom is 0.132 e. The molecular formula is C13H14FN3. The zero-order valence-corrected chi connectivity index (χ0v) is 9.65. The van der Waals surface area contributed by atoms with Gasteiger partial charge in [0.25, 0.3) is 0 Å². The molecule has 1 heterocycles. The standard InChI is InChI=1S/C13H14FN3/c1-9-11(7-15)8-16-13(17-9)6-10-3-2-4-12(14)5-10/h2-5,8H,6-7,15H2,1H3. The van der Waals surface area contributed by atoms with Gasteiger partial charge in [-0.2, -0.15) is 0 Å². The van der Waals surface area contributed by atoms with Crippen LogP contribution in [-0.2, 0) is 13.0 Å². The first kappa shape index (κ1) is 11.7. The second kappa shape index (κ2) is 5.01. The van der Waals surface area contributed by atoms with E-state index >= 15 is 0 Å². The number of hydrogen-bond donors (Lipinski definition) is 1. The Morgan fingerprint density at radius 1 is 1.35 bits per heavy atom. The van der Waals surface area contributed by atoms with Gasteiger partial charge < -0.3 is 5.73 Å². The topological polar surface area (TPSA) is 51.8 Å². The highest BCUT2D eigenvalue weighted by Gasteiger charge is 2.03. The molecule has 0 spiro atoms. The lowest BCUT2D eigenvalue weighted by Crippen LogP contribution is -2.05. The highest BCUT2D eigenvalue weighted by molar-refractivity contribution is 5.22. The zero-order valence-electron chi connectivity index (χ0n) is 9.65. The summed E-state index contributed by atoms with van der Waals surface area (Å²) in [5, 5.41) is 0. The summed E-state index contributed by atoms with van der Waals surface area (Å²) in [5.41, 5.74) is 8.23. The lowest BCUT2D eigenvalue weighted by Gasteiger charge is -2.05. The molecule has 0 aliphatic heterocycles. The molecule has 0 atom stereocenters. The lowest BCUT2D eigenvalue weighted by atomic mass is 10.1. The molecule has 0 amide bonds. The quantitative estimate of drug-likeness (QED) is 0.878. The first-order valence-electron chi connectivity index (χ1n) is 5.45. The molecule has 0 bridgehead atoms. The molecule has 1 aromatic carbocycles. The van der Waals surface area contributed by atoms with Gasteiger partial charge in [-0.05, 0) is 24.6 Å². The highest BCUT2D eigenvalue weighted by Crippen LogP contribution is 2.09. The summed E-state index contributed by atoms with van der Waals surface area (Å²) in [6.45, 7) is 2.34. The Morgan fingerprint density at radius 2 is 2.18 bits per heavy atom. The second-order valence-electron chi connectivity index (χ2n) is 3.91. The number of nitrogens with zero attached hydrogens (tertiary/aromatic N) is 2. The summed E-state index contributed by atoms with van der Waals surface area (Å²) < 4.78 is 13.0. The van der Waals surface area contributed by atoms with Crippen molar-refractivity contribution in [3.05, 3.63) is 58.9 Å². The van der Waals surface area contributed by atoms with Crippen LogP contribution in [0.3, 0.4) is 0 Å². The Morgan fingerprint density at radius 3 is 2.82 bits per heavy atom. The minimum Gasteiger partial charge on any atom is -0.326 e. The van der Waals surface area contributed by atoms with Gasteiger partial charge in [0.1, 0.15) is 11.6 Å². The summed E-state index contributed by atoms with van der Waals surface area (Å²) in [6.07, 6.45) is 2.26. The Bertz CT molecular complexity index is 526. The van der Waals surface area contributed by atoms with E-state index in [-0.39, 0.29) is 5.82 Å².